The third-order valence-corrected chi connectivity index (χ3v) is 2.03. The molecule has 0 spiro atoms. The normalized spacial score (nSPS) is 12.3. The van der Waals surface area contributed by atoms with E-state index >= 15 is 0 Å². The van der Waals surface area contributed by atoms with E-state index in [1.807, 2.05) is 20.8 Å². The van der Waals surface area contributed by atoms with Crippen molar-refractivity contribution in [3.05, 3.63) is 0 Å². The second-order valence-electron chi connectivity index (χ2n) is 3.96. The summed E-state index contributed by atoms with van der Waals surface area (Å²) >= 11 is 0. The number of carbonyl (C=O) groups excluding carboxylic acids is 1. The molecule has 0 bridgehead atoms. The van der Waals surface area contributed by atoms with E-state index in [2.05, 4.69) is 5.32 Å². The van der Waals surface area contributed by atoms with Crippen LogP contribution in [0.5, 0.6) is 0 Å². The Kier molecular flexibility index (Phi) is 6.48. The first kappa shape index (κ1) is 14.7. The molecule has 0 saturated heterocycles. The van der Waals surface area contributed by atoms with Gasteiger partial charge in [-0.05, 0) is 12.8 Å². The topological polar surface area (TPSA) is 89.9 Å². The molecule has 6 nitrogen and oxygen atoms in total. The van der Waals surface area contributed by atoms with Gasteiger partial charge in [-0.25, -0.2) is 9.59 Å². The quantitative estimate of drug-likeness (QED) is 0.606. The Hall–Kier alpha value is -1.30. The molecule has 16 heavy (non-hydrogen) atoms. The van der Waals surface area contributed by atoms with Crippen LogP contribution in [-0.2, 0) is 4.79 Å². The van der Waals surface area contributed by atoms with E-state index in [0.717, 1.165) is 0 Å². The van der Waals surface area contributed by atoms with Crippen molar-refractivity contribution in [1.82, 2.24) is 10.2 Å². The van der Waals surface area contributed by atoms with Crippen LogP contribution in [0.2, 0.25) is 0 Å². The van der Waals surface area contributed by atoms with Gasteiger partial charge in [0.25, 0.3) is 0 Å². The zero-order valence-corrected chi connectivity index (χ0v) is 9.93. The number of aliphatic hydroxyl groups excluding tert-OH is 1. The second kappa shape index (κ2) is 7.05. The number of aliphatic carboxylic acids is 1. The number of rotatable bonds is 6. The van der Waals surface area contributed by atoms with Gasteiger partial charge in [-0.15, -0.1) is 0 Å². The number of urea groups is 1. The third-order valence-electron chi connectivity index (χ3n) is 2.03. The summed E-state index contributed by atoms with van der Waals surface area (Å²) in [6.45, 7) is 6.20. The van der Waals surface area contributed by atoms with E-state index < -0.39 is 24.6 Å². The van der Waals surface area contributed by atoms with E-state index in [4.69, 9.17) is 10.2 Å². The molecule has 0 fully saturated rings. The fourth-order valence-corrected chi connectivity index (χ4v) is 1.22. The van der Waals surface area contributed by atoms with Gasteiger partial charge in [0.1, 0.15) is 0 Å². The molecule has 0 saturated carbocycles. The summed E-state index contributed by atoms with van der Waals surface area (Å²) in [5.74, 6) is -0.931. The Morgan fingerprint density at radius 2 is 1.94 bits per heavy atom. The fraction of sp³-hybridized carbons (Fsp3) is 0.800. The number of hydrogen-bond donors (Lipinski definition) is 3. The van der Waals surface area contributed by atoms with Crippen molar-refractivity contribution in [2.75, 3.05) is 19.7 Å². The van der Waals surface area contributed by atoms with E-state index in [9.17, 15) is 9.59 Å². The molecule has 1 atom stereocenters. The van der Waals surface area contributed by atoms with Crippen LogP contribution < -0.4 is 5.32 Å². The van der Waals surface area contributed by atoms with E-state index in [0.29, 0.717) is 19.0 Å². The maximum Gasteiger partial charge on any atom is 0.328 e. The van der Waals surface area contributed by atoms with Gasteiger partial charge in [0.15, 0.2) is 6.04 Å². The summed E-state index contributed by atoms with van der Waals surface area (Å²) in [5.41, 5.74) is 0. The third kappa shape index (κ3) is 4.97. The standard InChI is InChI=1S/C10H20N2O4/c1-4-12(5-7(2)3)10(16)11-8(6-13)9(14)15/h7-8,13H,4-6H2,1-3H3,(H,11,16)(H,14,15). The van der Waals surface area contributed by atoms with E-state index in [1.165, 1.54) is 4.90 Å². The molecule has 2 amide bonds. The molecule has 0 aliphatic rings. The van der Waals surface area contributed by atoms with Crippen molar-refractivity contribution < 1.29 is 19.8 Å². The predicted molar refractivity (Wildman–Crippen MR) is 59.1 cm³/mol. The van der Waals surface area contributed by atoms with Crippen molar-refractivity contribution in [1.29, 1.82) is 0 Å². The zero-order valence-electron chi connectivity index (χ0n) is 9.93. The molecule has 6 heteroatoms. The van der Waals surface area contributed by atoms with Crippen LogP contribution in [0, 0.1) is 5.92 Å². The lowest BCUT2D eigenvalue weighted by atomic mass is 10.2. The van der Waals surface area contributed by atoms with Gasteiger partial charge in [0.2, 0.25) is 0 Å². The van der Waals surface area contributed by atoms with Crippen molar-refractivity contribution in [3.63, 3.8) is 0 Å². The van der Waals surface area contributed by atoms with Crippen LogP contribution in [0.15, 0.2) is 0 Å². The maximum absolute atomic E-state index is 11.6. The average molecular weight is 232 g/mol. The second-order valence-corrected chi connectivity index (χ2v) is 3.96. The molecule has 94 valence electrons. The molecule has 0 radical (unpaired) electrons. The molecule has 0 aliphatic carbocycles. The molecular formula is C10H20N2O4. The van der Waals surface area contributed by atoms with E-state index in [1.54, 1.807) is 0 Å². The SMILES string of the molecule is CCN(CC(C)C)C(=O)NC(CO)C(=O)O. The summed E-state index contributed by atoms with van der Waals surface area (Å²) in [7, 11) is 0. The first-order valence-electron chi connectivity index (χ1n) is 5.31. The molecule has 0 aromatic heterocycles. The Balaban J connectivity index is 4.34. The molecule has 0 rings (SSSR count). The summed E-state index contributed by atoms with van der Waals surface area (Å²) in [6.07, 6.45) is 0. The predicted octanol–water partition coefficient (Wildman–Crippen LogP) is 0.119. The lowest BCUT2D eigenvalue weighted by Crippen LogP contribution is -2.50. The van der Waals surface area contributed by atoms with Crippen molar-refractivity contribution in [3.8, 4) is 0 Å². The van der Waals surface area contributed by atoms with Gasteiger partial charge in [-0.1, -0.05) is 13.8 Å². The Morgan fingerprint density at radius 1 is 1.38 bits per heavy atom. The van der Waals surface area contributed by atoms with Gasteiger partial charge in [-0.3, -0.25) is 0 Å². The van der Waals surface area contributed by atoms with Gasteiger partial charge >= 0.3 is 12.0 Å². The highest BCUT2D eigenvalue weighted by Crippen LogP contribution is 1.99. The Bertz CT molecular complexity index is 243. The van der Waals surface area contributed by atoms with Crippen molar-refractivity contribution in [2.24, 2.45) is 5.92 Å². The van der Waals surface area contributed by atoms with Crippen LogP contribution >= 0.6 is 0 Å². The lowest BCUT2D eigenvalue weighted by molar-refractivity contribution is -0.140. The molecule has 0 aromatic carbocycles. The number of carboxylic acid groups (broad SMARTS) is 1. The fourth-order valence-electron chi connectivity index (χ4n) is 1.22. The molecular weight excluding hydrogens is 212 g/mol. The highest BCUT2D eigenvalue weighted by Gasteiger charge is 2.21. The largest absolute Gasteiger partial charge is 0.480 e. The number of nitrogens with one attached hydrogen (secondary N) is 1. The maximum atomic E-state index is 11.6. The summed E-state index contributed by atoms with van der Waals surface area (Å²) in [4.78, 5) is 23.7. The van der Waals surface area contributed by atoms with Gasteiger partial charge in [-0.2, -0.15) is 0 Å². The van der Waals surface area contributed by atoms with Crippen LogP contribution in [0.4, 0.5) is 4.79 Å². The molecule has 0 aromatic rings. The number of amides is 2. The van der Waals surface area contributed by atoms with Gasteiger partial charge < -0.3 is 20.4 Å². The number of nitrogens with zero attached hydrogens (tertiary/aromatic N) is 1. The number of aliphatic hydroxyl groups is 1. The minimum Gasteiger partial charge on any atom is -0.480 e. The van der Waals surface area contributed by atoms with Crippen LogP contribution in [0.1, 0.15) is 20.8 Å². The van der Waals surface area contributed by atoms with Crippen molar-refractivity contribution in [2.45, 2.75) is 26.8 Å². The highest BCUT2D eigenvalue weighted by atomic mass is 16.4. The minimum atomic E-state index is -1.24. The van der Waals surface area contributed by atoms with Crippen LogP contribution in [0.25, 0.3) is 0 Å². The number of carbonyl (C=O) groups is 2. The Morgan fingerprint density at radius 3 is 2.25 bits per heavy atom. The van der Waals surface area contributed by atoms with Gasteiger partial charge in [0, 0.05) is 13.1 Å². The first-order valence-corrected chi connectivity index (χ1v) is 5.31. The minimum absolute atomic E-state index is 0.308. The summed E-state index contributed by atoms with van der Waals surface area (Å²) < 4.78 is 0. The van der Waals surface area contributed by atoms with Crippen LogP contribution in [-0.4, -0.2) is 52.9 Å². The molecule has 3 N–H and O–H groups in total. The first-order chi connectivity index (χ1) is 7.42. The zero-order chi connectivity index (χ0) is 12.7. The van der Waals surface area contributed by atoms with Crippen LogP contribution in [0.3, 0.4) is 0 Å². The smallest absolute Gasteiger partial charge is 0.328 e. The number of carboxylic acids is 1. The average Bonchev–Trinajstić information content (AvgIpc) is 2.21. The summed E-state index contributed by atoms with van der Waals surface area (Å²) in [6, 6.07) is -1.70. The lowest BCUT2D eigenvalue weighted by Gasteiger charge is -2.24. The van der Waals surface area contributed by atoms with Crippen molar-refractivity contribution >= 4 is 12.0 Å². The highest BCUT2D eigenvalue weighted by molar-refractivity contribution is 5.82. The molecule has 1 unspecified atom stereocenters. The monoisotopic (exact) mass is 232 g/mol. The number of hydrogen-bond acceptors (Lipinski definition) is 3. The summed E-state index contributed by atoms with van der Waals surface area (Å²) in [5, 5.41) is 19.7. The van der Waals surface area contributed by atoms with E-state index in [-0.39, 0.29) is 0 Å². The Labute approximate surface area is 95.2 Å². The molecule has 0 heterocycles. The van der Waals surface area contributed by atoms with Gasteiger partial charge in [0.05, 0.1) is 6.61 Å². The molecule has 0 aliphatic heterocycles.